The first-order chi connectivity index (χ1) is 11.7. The van der Waals surface area contributed by atoms with E-state index < -0.39 is 0 Å². The van der Waals surface area contributed by atoms with Gasteiger partial charge in [0.2, 0.25) is 0 Å². The summed E-state index contributed by atoms with van der Waals surface area (Å²) in [5.41, 5.74) is 2.84. The molecule has 0 aliphatic carbocycles. The summed E-state index contributed by atoms with van der Waals surface area (Å²) in [4.78, 5) is 12.5. The van der Waals surface area contributed by atoms with Crippen LogP contribution in [0.5, 0.6) is 0 Å². The summed E-state index contributed by atoms with van der Waals surface area (Å²) in [6.07, 6.45) is 1.03. The van der Waals surface area contributed by atoms with Gasteiger partial charge in [0.25, 0.3) is 0 Å². The maximum Gasteiger partial charge on any atom is 0.323 e. The Kier molecular flexibility index (Phi) is 4.80. The molecule has 0 aliphatic rings. The third kappa shape index (κ3) is 3.40. The number of anilines is 2. The van der Waals surface area contributed by atoms with Crippen molar-refractivity contribution in [3.05, 3.63) is 72.3 Å². The molecule has 0 bridgehead atoms. The van der Waals surface area contributed by atoms with E-state index in [2.05, 4.69) is 30.5 Å². The first-order valence-corrected chi connectivity index (χ1v) is 8.33. The lowest BCUT2D eigenvalue weighted by atomic mass is 9.97. The molecule has 0 aliphatic heterocycles. The fourth-order valence-electron chi connectivity index (χ4n) is 2.87. The van der Waals surface area contributed by atoms with E-state index in [0.717, 1.165) is 34.1 Å². The maximum absolute atomic E-state index is 12.5. The van der Waals surface area contributed by atoms with Crippen molar-refractivity contribution in [2.24, 2.45) is 0 Å². The van der Waals surface area contributed by atoms with Crippen molar-refractivity contribution < 1.29 is 4.79 Å². The van der Waals surface area contributed by atoms with Crippen LogP contribution in [0.3, 0.4) is 0 Å². The van der Waals surface area contributed by atoms with E-state index in [1.54, 1.807) is 0 Å². The van der Waals surface area contributed by atoms with Crippen LogP contribution in [0, 0.1) is 0 Å². The van der Waals surface area contributed by atoms with Gasteiger partial charge in [-0.1, -0.05) is 68.4 Å². The van der Waals surface area contributed by atoms with Crippen molar-refractivity contribution in [1.29, 1.82) is 0 Å². The normalized spacial score (nSPS) is 11.9. The summed E-state index contributed by atoms with van der Waals surface area (Å²) in [6, 6.07) is 21.7. The first kappa shape index (κ1) is 16.1. The smallest absolute Gasteiger partial charge is 0.307 e. The van der Waals surface area contributed by atoms with Gasteiger partial charge in [-0.25, -0.2) is 4.79 Å². The minimum Gasteiger partial charge on any atom is -0.307 e. The third-order valence-electron chi connectivity index (χ3n) is 4.39. The second kappa shape index (κ2) is 7.18. The number of hydrogen-bond donors (Lipinski definition) is 2. The minimum atomic E-state index is -0.220. The van der Waals surface area contributed by atoms with Gasteiger partial charge in [0.05, 0.1) is 5.69 Å². The highest BCUT2D eigenvalue weighted by molar-refractivity contribution is 6.06. The Hall–Kier alpha value is -2.81. The average molecular weight is 318 g/mol. The number of amides is 2. The number of fused-ring (bicyclic) bond motifs is 1. The number of rotatable bonds is 4. The van der Waals surface area contributed by atoms with Crippen molar-refractivity contribution in [1.82, 2.24) is 0 Å². The molecule has 3 rings (SSSR count). The topological polar surface area (TPSA) is 41.1 Å². The number of urea groups is 1. The van der Waals surface area contributed by atoms with Crippen LogP contribution in [0.25, 0.3) is 10.8 Å². The molecule has 0 saturated carbocycles. The van der Waals surface area contributed by atoms with Crippen LogP contribution in [0.15, 0.2) is 66.7 Å². The van der Waals surface area contributed by atoms with Gasteiger partial charge in [-0.2, -0.15) is 0 Å². The molecule has 0 heterocycles. The van der Waals surface area contributed by atoms with E-state index in [4.69, 9.17) is 0 Å². The average Bonchev–Trinajstić information content (AvgIpc) is 2.62. The van der Waals surface area contributed by atoms with E-state index in [1.807, 2.05) is 60.7 Å². The molecule has 0 spiro atoms. The van der Waals surface area contributed by atoms with Crippen molar-refractivity contribution in [2.75, 3.05) is 10.6 Å². The largest absolute Gasteiger partial charge is 0.323 e. The molecule has 0 unspecified atom stereocenters. The van der Waals surface area contributed by atoms with Gasteiger partial charge in [-0.3, -0.25) is 0 Å². The Morgan fingerprint density at radius 2 is 1.50 bits per heavy atom. The van der Waals surface area contributed by atoms with Crippen LogP contribution in [-0.2, 0) is 0 Å². The summed E-state index contributed by atoms with van der Waals surface area (Å²) in [5.74, 6) is 0.402. The molecule has 24 heavy (non-hydrogen) atoms. The fourth-order valence-corrected chi connectivity index (χ4v) is 2.87. The van der Waals surface area contributed by atoms with Crippen LogP contribution in [-0.4, -0.2) is 6.03 Å². The van der Waals surface area contributed by atoms with Gasteiger partial charge in [0.1, 0.15) is 0 Å². The van der Waals surface area contributed by atoms with Crippen LogP contribution >= 0.6 is 0 Å². The number of para-hydroxylation sites is 1. The molecule has 1 atom stereocenters. The number of hydrogen-bond acceptors (Lipinski definition) is 1. The molecule has 0 aromatic heterocycles. The van der Waals surface area contributed by atoms with Gasteiger partial charge in [0.15, 0.2) is 0 Å². The number of carbonyl (C=O) groups is 1. The summed E-state index contributed by atoms with van der Waals surface area (Å²) in [6.45, 7) is 4.32. The molecule has 3 aromatic rings. The SMILES string of the molecule is CC[C@H](C)c1ccccc1NC(=O)Nc1cccc2ccccc12. The van der Waals surface area contributed by atoms with Gasteiger partial charge in [-0.15, -0.1) is 0 Å². The van der Waals surface area contributed by atoms with Crippen molar-refractivity contribution in [2.45, 2.75) is 26.2 Å². The second-order valence-electron chi connectivity index (χ2n) is 6.00. The van der Waals surface area contributed by atoms with E-state index in [-0.39, 0.29) is 6.03 Å². The van der Waals surface area contributed by atoms with Gasteiger partial charge in [0, 0.05) is 11.1 Å². The van der Waals surface area contributed by atoms with Gasteiger partial charge < -0.3 is 10.6 Å². The molecule has 2 N–H and O–H groups in total. The van der Waals surface area contributed by atoms with E-state index >= 15 is 0 Å². The molecule has 2 amide bonds. The van der Waals surface area contributed by atoms with Crippen LogP contribution < -0.4 is 10.6 Å². The summed E-state index contributed by atoms with van der Waals surface area (Å²) in [5, 5.41) is 8.10. The zero-order valence-corrected chi connectivity index (χ0v) is 14.0. The predicted molar refractivity (Wildman–Crippen MR) is 102 cm³/mol. The summed E-state index contributed by atoms with van der Waals surface area (Å²) < 4.78 is 0. The van der Waals surface area contributed by atoms with Gasteiger partial charge in [-0.05, 0) is 35.4 Å². The zero-order chi connectivity index (χ0) is 16.9. The number of benzene rings is 3. The monoisotopic (exact) mass is 318 g/mol. The Morgan fingerprint density at radius 1 is 0.875 bits per heavy atom. The molecule has 0 saturated heterocycles. The van der Waals surface area contributed by atoms with Crippen LogP contribution in [0.1, 0.15) is 31.7 Å². The second-order valence-corrected chi connectivity index (χ2v) is 6.00. The molecular weight excluding hydrogens is 296 g/mol. The zero-order valence-electron chi connectivity index (χ0n) is 14.0. The standard InChI is InChI=1S/C21H22N2O/c1-3-15(2)17-11-6-7-13-19(17)22-21(24)23-20-14-8-10-16-9-4-5-12-18(16)20/h4-15H,3H2,1-2H3,(H2,22,23,24)/t15-/m0/s1. The Balaban J connectivity index is 1.81. The molecule has 3 aromatic carbocycles. The molecule has 122 valence electrons. The van der Waals surface area contributed by atoms with Crippen molar-refractivity contribution in [3.63, 3.8) is 0 Å². The van der Waals surface area contributed by atoms with Gasteiger partial charge >= 0.3 is 6.03 Å². The minimum absolute atomic E-state index is 0.220. The Labute approximate surface area is 142 Å². The highest BCUT2D eigenvalue weighted by atomic mass is 16.2. The first-order valence-electron chi connectivity index (χ1n) is 8.33. The van der Waals surface area contributed by atoms with Crippen LogP contribution in [0.2, 0.25) is 0 Å². The third-order valence-corrected chi connectivity index (χ3v) is 4.39. The van der Waals surface area contributed by atoms with E-state index in [1.165, 1.54) is 0 Å². The van der Waals surface area contributed by atoms with Crippen LogP contribution in [0.4, 0.5) is 16.2 Å². The number of nitrogens with one attached hydrogen (secondary N) is 2. The Morgan fingerprint density at radius 3 is 2.33 bits per heavy atom. The van der Waals surface area contributed by atoms with Crippen molar-refractivity contribution in [3.8, 4) is 0 Å². The summed E-state index contributed by atoms with van der Waals surface area (Å²) >= 11 is 0. The lowest BCUT2D eigenvalue weighted by molar-refractivity contribution is 0.262. The molecule has 3 heteroatoms. The molecule has 0 radical (unpaired) electrons. The predicted octanol–water partition coefficient (Wildman–Crippen LogP) is 6.00. The highest BCUT2D eigenvalue weighted by Gasteiger charge is 2.11. The Bertz CT molecular complexity index is 852. The lowest BCUT2D eigenvalue weighted by Crippen LogP contribution is -2.20. The number of carbonyl (C=O) groups excluding carboxylic acids is 1. The molecule has 0 fully saturated rings. The quantitative estimate of drug-likeness (QED) is 0.609. The van der Waals surface area contributed by atoms with E-state index in [0.29, 0.717) is 5.92 Å². The van der Waals surface area contributed by atoms with Crippen molar-refractivity contribution >= 4 is 28.2 Å². The molecular formula is C21H22N2O. The lowest BCUT2D eigenvalue weighted by Gasteiger charge is -2.16. The maximum atomic E-state index is 12.5. The highest BCUT2D eigenvalue weighted by Crippen LogP contribution is 2.27. The van der Waals surface area contributed by atoms with E-state index in [9.17, 15) is 4.79 Å². The molecule has 3 nitrogen and oxygen atoms in total. The summed E-state index contributed by atoms with van der Waals surface area (Å²) in [7, 11) is 0. The fraction of sp³-hybridized carbons (Fsp3) is 0.190.